The Kier molecular flexibility index (Phi) is 5.82. The van der Waals surface area contributed by atoms with Crippen molar-refractivity contribution in [3.05, 3.63) is 69.3 Å². The first kappa shape index (κ1) is 18.9. The van der Waals surface area contributed by atoms with Crippen molar-refractivity contribution in [1.82, 2.24) is 14.7 Å². The lowest BCUT2D eigenvalue weighted by molar-refractivity contribution is -0.0492. The van der Waals surface area contributed by atoms with Gasteiger partial charge in [-0.1, -0.05) is 0 Å². The third-order valence-electron chi connectivity index (χ3n) is 4.22. The van der Waals surface area contributed by atoms with Crippen LogP contribution in [0.2, 0.25) is 15.7 Å². The Morgan fingerprint density at radius 3 is 1.07 bits per heavy atom. The molecular formula is C18H18Cl3N3O3. The van der Waals surface area contributed by atoms with Gasteiger partial charge in [-0.3, -0.25) is 14.7 Å². The zero-order valence-electron chi connectivity index (χ0n) is 14.4. The molecule has 0 bridgehead atoms. The van der Waals surface area contributed by atoms with Crippen LogP contribution in [0.15, 0.2) is 49.6 Å². The zero-order valence-corrected chi connectivity index (χ0v) is 16.7. The van der Waals surface area contributed by atoms with Crippen LogP contribution in [0.25, 0.3) is 0 Å². The van der Waals surface area contributed by atoms with Gasteiger partial charge in [0.05, 0.1) is 39.6 Å². The molecule has 0 spiro atoms. The van der Waals surface area contributed by atoms with Gasteiger partial charge in [-0.05, 0) is 71.2 Å². The molecule has 0 radical (unpaired) electrons. The molecule has 0 saturated carbocycles. The summed E-state index contributed by atoms with van der Waals surface area (Å²) in [5.74, 6) is 2.47. The predicted molar refractivity (Wildman–Crippen MR) is 102 cm³/mol. The van der Waals surface area contributed by atoms with Gasteiger partial charge in [-0.25, -0.2) is 0 Å². The Bertz CT molecular complexity index is 770. The number of halogens is 3. The van der Waals surface area contributed by atoms with E-state index < -0.39 is 0 Å². The van der Waals surface area contributed by atoms with Crippen LogP contribution in [0.1, 0.15) is 17.3 Å². The lowest BCUT2D eigenvalue weighted by Gasteiger charge is -2.41. The van der Waals surface area contributed by atoms with Crippen molar-refractivity contribution in [2.45, 2.75) is 19.6 Å². The summed E-state index contributed by atoms with van der Waals surface area (Å²) in [7, 11) is 0. The van der Waals surface area contributed by atoms with Gasteiger partial charge in [0.1, 0.15) is 17.3 Å². The van der Waals surface area contributed by atoms with Gasteiger partial charge in [-0.15, -0.1) is 0 Å². The van der Waals surface area contributed by atoms with E-state index in [2.05, 4.69) is 14.7 Å². The minimum atomic E-state index is 0.395. The molecule has 3 aromatic heterocycles. The Hall–Kier alpha value is -1.41. The van der Waals surface area contributed by atoms with Crippen molar-refractivity contribution in [3.63, 3.8) is 0 Å². The average molecular weight is 431 g/mol. The lowest BCUT2D eigenvalue weighted by atomic mass is 10.3. The van der Waals surface area contributed by atoms with Crippen LogP contribution in [-0.4, -0.2) is 34.7 Å². The van der Waals surface area contributed by atoms with Gasteiger partial charge in [0.15, 0.2) is 15.7 Å². The molecule has 0 aliphatic carbocycles. The molecule has 0 atom stereocenters. The quantitative estimate of drug-likeness (QED) is 0.541. The van der Waals surface area contributed by atoms with E-state index in [1.54, 1.807) is 18.2 Å². The van der Waals surface area contributed by atoms with Gasteiger partial charge in [0.2, 0.25) is 0 Å². The van der Waals surface area contributed by atoms with Crippen molar-refractivity contribution in [2.24, 2.45) is 0 Å². The van der Waals surface area contributed by atoms with Crippen LogP contribution < -0.4 is 0 Å². The third-order valence-corrected chi connectivity index (χ3v) is 4.83. The molecule has 1 aliphatic heterocycles. The maximum absolute atomic E-state index is 5.90. The molecule has 1 saturated heterocycles. The largest absolute Gasteiger partial charge is 0.448 e. The summed E-state index contributed by atoms with van der Waals surface area (Å²) < 4.78 is 16.5. The van der Waals surface area contributed by atoms with E-state index in [1.165, 1.54) is 0 Å². The van der Waals surface area contributed by atoms with E-state index >= 15 is 0 Å². The summed E-state index contributed by atoms with van der Waals surface area (Å²) >= 11 is 17.7. The summed E-state index contributed by atoms with van der Waals surface area (Å²) in [6, 6.07) is 10.9. The van der Waals surface area contributed by atoms with Crippen LogP contribution in [0.4, 0.5) is 0 Å². The number of furan rings is 3. The maximum atomic E-state index is 5.90. The fraction of sp³-hybridized carbons (Fsp3) is 0.333. The Labute approximate surface area is 171 Å². The molecule has 27 heavy (non-hydrogen) atoms. The first-order chi connectivity index (χ1) is 13.0. The maximum Gasteiger partial charge on any atom is 0.193 e. The van der Waals surface area contributed by atoms with Gasteiger partial charge in [0.25, 0.3) is 0 Å². The molecule has 144 valence electrons. The van der Waals surface area contributed by atoms with Gasteiger partial charge < -0.3 is 13.3 Å². The Morgan fingerprint density at radius 1 is 0.556 bits per heavy atom. The molecule has 0 aromatic carbocycles. The van der Waals surface area contributed by atoms with Crippen LogP contribution in [0.3, 0.4) is 0 Å². The second-order valence-electron chi connectivity index (χ2n) is 6.53. The van der Waals surface area contributed by atoms with E-state index in [-0.39, 0.29) is 0 Å². The number of nitrogens with zero attached hydrogens (tertiary/aromatic N) is 3. The predicted octanol–water partition coefficient (Wildman–Crippen LogP) is 5.12. The standard InChI is InChI=1S/C18H18Cl3N3O3/c19-16-4-1-13(25-16)7-22-10-23(8-14-2-5-17(20)26-14)12-24(11-22)9-15-3-6-18(21)27-15/h1-6H,7-12H2. The first-order valence-electron chi connectivity index (χ1n) is 8.43. The van der Waals surface area contributed by atoms with E-state index in [9.17, 15) is 0 Å². The second-order valence-corrected chi connectivity index (χ2v) is 7.65. The van der Waals surface area contributed by atoms with E-state index in [0.717, 1.165) is 37.3 Å². The van der Waals surface area contributed by atoms with Crippen LogP contribution in [0, 0.1) is 0 Å². The monoisotopic (exact) mass is 429 g/mol. The highest BCUT2D eigenvalue weighted by Gasteiger charge is 2.26. The molecule has 1 aliphatic rings. The summed E-state index contributed by atoms with van der Waals surface area (Å²) in [5.41, 5.74) is 0. The number of hydrogen-bond acceptors (Lipinski definition) is 6. The average Bonchev–Trinajstić information content (AvgIpc) is 3.31. The molecule has 1 fully saturated rings. The number of hydrogen-bond donors (Lipinski definition) is 0. The molecule has 0 unspecified atom stereocenters. The number of rotatable bonds is 6. The minimum absolute atomic E-state index is 0.395. The van der Waals surface area contributed by atoms with Gasteiger partial charge >= 0.3 is 0 Å². The molecule has 9 heteroatoms. The van der Waals surface area contributed by atoms with E-state index in [0.29, 0.717) is 35.3 Å². The minimum Gasteiger partial charge on any atom is -0.448 e. The molecule has 4 heterocycles. The van der Waals surface area contributed by atoms with Crippen molar-refractivity contribution in [2.75, 3.05) is 20.0 Å². The molecule has 4 rings (SSSR count). The molecular weight excluding hydrogens is 413 g/mol. The normalized spacial score (nSPS) is 17.0. The highest BCUT2D eigenvalue weighted by molar-refractivity contribution is 6.29. The van der Waals surface area contributed by atoms with Crippen molar-refractivity contribution in [3.8, 4) is 0 Å². The summed E-state index contributed by atoms with van der Waals surface area (Å²) in [5, 5.41) is 1.18. The van der Waals surface area contributed by atoms with Crippen LogP contribution >= 0.6 is 34.8 Å². The third kappa shape index (κ3) is 5.10. The topological polar surface area (TPSA) is 49.1 Å². The van der Waals surface area contributed by atoms with E-state index in [1.807, 2.05) is 18.2 Å². The first-order valence-corrected chi connectivity index (χ1v) is 9.56. The van der Waals surface area contributed by atoms with Gasteiger partial charge in [0, 0.05) is 0 Å². The summed E-state index contributed by atoms with van der Waals surface area (Å²) in [6.07, 6.45) is 0. The molecule has 0 N–H and O–H groups in total. The summed E-state index contributed by atoms with van der Waals surface area (Å²) in [6.45, 7) is 4.22. The zero-order chi connectivity index (χ0) is 18.8. The smallest absolute Gasteiger partial charge is 0.193 e. The highest BCUT2D eigenvalue weighted by Crippen LogP contribution is 2.22. The van der Waals surface area contributed by atoms with Gasteiger partial charge in [-0.2, -0.15) is 0 Å². The van der Waals surface area contributed by atoms with Crippen LogP contribution in [-0.2, 0) is 19.6 Å². The summed E-state index contributed by atoms with van der Waals surface area (Å²) in [4.78, 5) is 6.77. The SMILES string of the molecule is Clc1ccc(CN2CN(Cc3ccc(Cl)o3)CN(Cc3ccc(Cl)o3)C2)o1. The highest BCUT2D eigenvalue weighted by atomic mass is 35.5. The van der Waals surface area contributed by atoms with Crippen molar-refractivity contribution in [1.29, 1.82) is 0 Å². The van der Waals surface area contributed by atoms with Crippen molar-refractivity contribution >= 4 is 34.8 Å². The molecule has 3 aromatic rings. The van der Waals surface area contributed by atoms with Crippen molar-refractivity contribution < 1.29 is 13.3 Å². The van der Waals surface area contributed by atoms with Crippen LogP contribution in [0.5, 0.6) is 0 Å². The second kappa shape index (κ2) is 8.31. The Balaban J connectivity index is 1.46. The van der Waals surface area contributed by atoms with E-state index in [4.69, 9.17) is 48.1 Å². The molecule has 6 nitrogen and oxygen atoms in total. The fourth-order valence-corrected chi connectivity index (χ4v) is 3.74. The fourth-order valence-electron chi connectivity index (χ4n) is 3.25. The molecule has 0 amide bonds. The lowest BCUT2D eigenvalue weighted by Crippen LogP contribution is -2.53. The Morgan fingerprint density at radius 2 is 0.852 bits per heavy atom.